The van der Waals surface area contributed by atoms with Crippen molar-refractivity contribution in [1.82, 2.24) is 9.55 Å². The van der Waals surface area contributed by atoms with Crippen LogP contribution in [0.2, 0.25) is 0 Å². The molecule has 0 aliphatic carbocycles. The van der Waals surface area contributed by atoms with Gasteiger partial charge in [-0.15, -0.1) is 0 Å². The molecule has 0 unspecified atom stereocenters. The Bertz CT molecular complexity index is 805. The van der Waals surface area contributed by atoms with Gasteiger partial charge in [-0.2, -0.15) is 0 Å². The van der Waals surface area contributed by atoms with Crippen LogP contribution in [0.15, 0.2) is 77.7 Å². The third kappa shape index (κ3) is 2.98. The Morgan fingerprint density at radius 1 is 0.810 bits per heavy atom. The maximum atomic E-state index is 12.1. The SMILES string of the molecule is O=c1cccc(/C=C/c2ccccc2)n1-c1ccccn1. The van der Waals surface area contributed by atoms with Gasteiger partial charge in [-0.1, -0.05) is 48.5 Å². The minimum Gasteiger partial charge on any atom is -0.269 e. The average molecular weight is 274 g/mol. The van der Waals surface area contributed by atoms with Crippen molar-refractivity contribution in [1.29, 1.82) is 0 Å². The molecule has 102 valence electrons. The van der Waals surface area contributed by atoms with E-state index in [9.17, 15) is 4.79 Å². The first-order chi connectivity index (χ1) is 10.3. The number of pyridine rings is 2. The van der Waals surface area contributed by atoms with Crippen LogP contribution in [0.3, 0.4) is 0 Å². The van der Waals surface area contributed by atoms with Crippen molar-refractivity contribution in [2.24, 2.45) is 0 Å². The average Bonchev–Trinajstić information content (AvgIpc) is 2.55. The van der Waals surface area contributed by atoms with E-state index in [4.69, 9.17) is 0 Å². The molecule has 0 saturated heterocycles. The van der Waals surface area contributed by atoms with Crippen molar-refractivity contribution in [3.63, 3.8) is 0 Å². The normalized spacial score (nSPS) is 10.9. The quantitative estimate of drug-likeness (QED) is 0.733. The second-order valence-electron chi connectivity index (χ2n) is 4.56. The van der Waals surface area contributed by atoms with E-state index in [1.54, 1.807) is 16.8 Å². The van der Waals surface area contributed by atoms with Crippen LogP contribution in [0, 0.1) is 0 Å². The van der Waals surface area contributed by atoms with E-state index in [1.807, 2.05) is 66.7 Å². The van der Waals surface area contributed by atoms with Crippen molar-refractivity contribution in [2.75, 3.05) is 0 Å². The van der Waals surface area contributed by atoms with E-state index in [1.165, 1.54) is 6.07 Å². The third-order valence-corrected chi connectivity index (χ3v) is 3.11. The Morgan fingerprint density at radius 3 is 2.38 bits per heavy atom. The van der Waals surface area contributed by atoms with Gasteiger partial charge in [0.2, 0.25) is 0 Å². The van der Waals surface area contributed by atoms with Gasteiger partial charge in [0.05, 0.1) is 5.69 Å². The molecule has 0 fully saturated rings. The number of nitrogens with zero attached hydrogens (tertiary/aromatic N) is 2. The number of hydrogen-bond acceptors (Lipinski definition) is 2. The lowest BCUT2D eigenvalue weighted by molar-refractivity contribution is 0.929. The molecule has 3 rings (SSSR count). The van der Waals surface area contributed by atoms with E-state index in [-0.39, 0.29) is 5.56 Å². The van der Waals surface area contributed by atoms with E-state index >= 15 is 0 Å². The summed E-state index contributed by atoms with van der Waals surface area (Å²) in [4.78, 5) is 16.4. The minimum atomic E-state index is -0.0936. The zero-order chi connectivity index (χ0) is 14.5. The monoisotopic (exact) mass is 274 g/mol. The lowest BCUT2D eigenvalue weighted by Crippen LogP contribution is -2.19. The van der Waals surface area contributed by atoms with Crippen LogP contribution in [0.4, 0.5) is 0 Å². The molecule has 3 nitrogen and oxygen atoms in total. The first-order valence-electron chi connectivity index (χ1n) is 6.71. The van der Waals surface area contributed by atoms with Crippen molar-refractivity contribution in [3.05, 3.63) is 94.5 Å². The van der Waals surface area contributed by atoms with Crippen molar-refractivity contribution in [3.8, 4) is 5.82 Å². The van der Waals surface area contributed by atoms with Crippen LogP contribution in [0.5, 0.6) is 0 Å². The summed E-state index contributed by atoms with van der Waals surface area (Å²) in [7, 11) is 0. The zero-order valence-electron chi connectivity index (χ0n) is 11.4. The molecule has 0 spiro atoms. The summed E-state index contributed by atoms with van der Waals surface area (Å²) in [6, 6.07) is 20.7. The summed E-state index contributed by atoms with van der Waals surface area (Å²) in [5.74, 6) is 0.621. The molecule has 2 heterocycles. The maximum absolute atomic E-state index is 12.1. The van der Waals surface area contributed by atoms with E-state index < -0.39 is 0 Å². The topological polar surface area (TPSA) is 34.9 Å². The van der Waals surface area contributed by atoms with Crippen LogP contribution in [0.25, 0.3) is 18.0 Å². The van der Waals surface area contributed by atoms with Gasteiger partial charge in [-0.3, -0.25) is 9.36 Å². The standard InChI is InChI=1S/C18H14N2O/c21-18-11-6-9-16(13-12-15-7-2-1-3-8-15)20(18)17-10-4-5-14-19-17/h1-14H/b13-12+. The van der Waals surface area contributed by atoms with Gasteiger partial charge in [0.25, 0.3) is 5.56 Å². The highest BCUT2D eigenvalue weighted by atomic mass is 16.1. The van der Waals surface area contributed by atoms with Crippen molar-refractivity contribution < 1.29 is 0 Å². The van der Waals surface area contributed by atoms with Crippen molar-refractivity contribution >= 4 is 12.2 Å². The third-order valence-electron chi connectivity index (χ3n) is 3.11. The molecule has 21 heavy (non-hydrogen) atoms. The molecule has 0 N–H and O–H groups in total. The molecule has 3 heteroatoms. The van der Waals surface area contributed by atoms with Gasteiger partial charge in [0, 0.05) is 12.3 Å². The lowest BCUT2D eigenvalue weighted by Gasteiger charge is -2.08. The summed E-state index contributed by atoms with van der Waals surface area (Å²) in [6.07, 6.45) is 5.58. The largest absolute Gasteiger partial charge is 0.269 e. The van der Waals surface area contributed by atoms with Gasteiger partial charge in [0.1, 0.15) is 5.82 Å². The van der Waals surface area contributed by atoms with E-state index in [2.05, 4.69) is 4.98 Å². The molecule has 0 atom stereocenters. The summed E-state index contributed by atoms with van der Waals surface area (Å²) < 4.78 is 1.60. The molecule has 3 aromatic rings. The van der Waals surface area contributed by atoms with Crippen LogP contribution in [0.1, 0.15) is 11.3 Å². The Labute approximate surface area is 122 Å². The number of hydrogen-bond donors (Lipinski definition) is 0. The van der Waals surface area contributed by atoms with Gasteiger partial charge < -0.3 is 0 Å². The van der Waals surface area contributed by atoms with E-state index in [0.29, 0.717) is 5.82 Å². The highest BCUT2D eigenvalue weighted by Crippen LogP contribution is 2.10. The zero-order valence-corrected chi connectivity index (χ0v) is 11.4. The van der Waals surface area contributed by atoms with Crippen molar-refractivity contribution in [2.45, 2.75) is 0 Å². The van der Waals surface area contributed by atoms with Crippen LogP contribution < -0.4 is 5.56 Å². The molecule has 0 radical (unpaired) electrons. The number of aromatic nitrogens is 2. The van der Waals surface area contributed by atoms with E-state index in [0.717, 1.165) is 11.3 Å². The summed E-state index contributed by atoms with van der Waals surface area (Å²) >= 11 is 0. The fourth-order valence-corrected chi connectivity index (χ4v) is 2.11. The molecule has 0 aliphatic rings. The summed E-state index contributed by atoms with van der Waals surface area (Å²) in [5, 5.41) is 0. The molecular weight excluding hydrogens is 260 g/mol. The first kappa shape index (κ1) is 13.1. The number of benzene rings is 1. The molecule has 0 amide bonds. The Kier molecular flexibility index (Phi) is 3.74. The second-order valence-corrected chi connectivity index (χ2v) is 4.56. The molecule has 0 bridgehead atoms. The molecular formula is C18H14N2O. The summed E-state index contributed by atoms with van der Waals surface area (Å²) in [5.41, 5.74) is 1.79. The maximum Gasteiger partial charge on any atom is 0.256 e. The Hall–Kier alpha value is -2.94. The van der Waals surface area contributed by atoms with Gasteiger partial charge in [0.15, 0.2) is 0 Å². The molecule has 0 aliphatic heterocycles. The summed E-state index contributed by atoms with van der Waals surface area (Å²) in [6.45, 7) is 0. The predicted molar refractivity (Wildman–Crippen MR) is 85.2 cm³/mol. The van der Waals surface area contributed by atoms with Gasteiger partial charge in [-0.05, 0) is 29.8 Å². The van der Waals surface area contributed by atoms with Gasteiger partial charge >= 0.3 is 0 Å². The highest BCUT2D eigenvalue weighted by Gasteiger charge is 2.03. The Balaban J connectivity index is 2.06. The lowest BCUT2D eigenvalue weighted by atomic mass is 10.2. The number of rotatable bonds is 3. The Morgan fingerprint density at radius 2 is 1.62 bits per heavy atom. The second kappa shape index (κ2) is 6.01. The van der Waals surface area contributed by atoms with Gasteiger partial charge in [-0.25, -0.2) is 4.98 Å². The van der Waals surface area contributed by atoms with Crippen LogP contribution >= 0.6 is 0 Å². The molecule has 0 saturated carbocycles. The predicted octanol–water partition coefficient (Wildman–Crippen LogP) is 3.40. The van der Waals surface area contributed by atoms with Crippen LogP contribution in [-0.4, -0.2) is 9.55 Å². The van der Waals surface area contributed by atoms with Crippen LogP contribution in [-0.2, 0) is 0 Å². The first-order valence-corrected chi connectivity index (χ1v) is 6.71. The molecule has 2 aromatic heterocycles. The highest BCUT2D eigenvalue weighted by molar-refractivity contribution is 5.68. The fraction of sp³-hybridized carbons (Fsp3) is 0. The smallest absolute Gasteiger partial charge is 0.256 e. The molecule has 1 aromatic carbocycles. The fourth-order valence-electron chi connectivity index (χ4n) is 2.11. The minimum absolute atomic E-state index is 0.0936.